The molecule has 0 saturated carbocycles. The van der Waals surface area contributed by atoms with E-state index in [-0.39, 0.29) is 29.5 Å². The zero-order valence-electron chi connectivity index (χ0n) is 17.9. The van der Waals surface area contributed by atoms with Crippen molar-refractivity contribution in [3.8, 4) is 5.75 Å². The first kappa shape index (κ1) is 22.9. The molecule has 0 spiro atoms. The van der Waals surface area contributed by atoms with Crippen molar-refractivity contribution in [2.75, 3.05) is 13.2 Å². The number of amides is 2. The molecule has 1 atom stereocenters. The highest BCUT2D eigenvalue weighted by Crippen LogP contribution is 2.38. The Labute approximate surface area is 200 Å². The first-order chi connectivity index (χ1) is 15.9. The molecule has 0 fully saturated rings. The fourth-order valence-electron chi connectivity index (χ4n) is 3.65. The number of nitrogens with zero attached hydrogens (tertiary/aromatic N) is 1. The zero-order valence-corrected chi connectivity index (χ0v) is 19.5. The summed E-state index contributed by atoms with van der Waals surface area (Å²) >= 11 is 12.7. The van der Waals surface area contributed by atoms with Crippen LogP contribution in [0.1, 0.15) is 24.2 Å². The average Bonchev–Trinajstić information content (AvgIpc) is 2.79. The number of hydrogen-bond donors (Lipinski definition) is 2. The van der Waals surface area contributed by atoms with Gasteiger partial charge in [0.25, 0.3) is 0 Å². The topological polar surface area (TPSA) is 89.6 Å². The molecule has 33 heavy (non-hydrogen) atoms. The lowest BCUT2D eigenvalue weighted by Crippen LogP contribution is -2.47. The predicted octanol–water partition coefficient (Wildman–Crippen LogP) is 5.10. The molecule has 2 amide bonds. The number of esters is 1. The second-order valence-corrected chi connectivity index (χ2v) is 8.18. The number of ether oxygens (including phenoxy) is 2. The second kappa shape index (κ2) is 9.68. The van der Waals surface area contributed by atoms with Crippen LogP contribution in [0.2, 0.25) is 10.0 Å². The largest absolute Gasteiger partial charge is 0.483 e. The van der Waals surface area contributed by atoms with Gasteiger partial charge in [-0.15, -0.1) is 0 Å². The molecule has 2 heterocycles. The number of halogens is 2. The smallest absolute Gasteiger partial charge is 0.338 e. The van der Waals surface area contributed by atoms with Crippen LogP contribution in [-0.2, 0) is 9.53 Å². The van der Waals surface area contributed by atoms with Crippen LogP contribution in [0.4, 0.5) is 4.79 Å². The number of fused-ring (bicyclic) bond motifs is 1. The van der Waals surface area contributed by atoms with Crippen molar-refractivity contribution >= 4 is 46.1 Å². The van der Waals surface area contributed by atoms with Crippen molar-refractivity contribution in [1.82, 2.24) is 15.6 Å². The van der Waals surface area contributed by atoms with Gasteiger partial charge in [-0.2, -0.15) is 0 Å². The highest BCUT2D eigenvalue weighted by molar-refractivity contribution is 6.39. The maximum absolute atomic E-state index is 12.9. The molecule has 9 heteroatoms. The molecule has 4 rings (SSSR count). The van der Waals surface area contributed by atoms with Crippen molar-refractivity contribution in [2.45, 2.75) is 19.9 Å². The van der Waals surface area contributed by atoms with E-state index in [2.05, 4.69) is 15.6 Å². The number of aryl methyl sites for hydroxylation is 1. The maximum Gasteiger partial charge on any atom is 0.338 e. The fraction of sp³-hybridized carbons (Fsp3) is 0.208. The third-order valence-electron chi connectivity index (χ3n) is 5.12. The number of rotatable bonds is 6. The molecule has 2 aromatic carbocycles. The van der Waals surface area contributed by atoms with Crippen LogP contribution in [-0.4, -0.2) is 30.2 Å². The SMILES string of the molecule is CCOC(=O)C1=C(COc2c(Cl)cc(Cl)c3ccc(C)nc23)NC(=O)N[C@@H]1c1ccccc1. The molecule has 0 saturated heterocycles. The highest BCUT2D eigenvalue weighted by Gasteiger charge is 2.34. The van der Waals surface area contributed by atoms with Gasteiger partial charge in [-0.3, -0.25) is 0 Å². The molecule has 0 unspecified atom stereocenters. The number of carbonyl (C=O) groups is 2. The summed E-state index contributed by atoms with van der Waals surface area (Å²) in [5.41, 5.74) is 2.52. The van der Waals surface area contributed by atoms with Crippen molar-refractivity contribution in [3.05, 3.63) is 81.1 Å². The number of hydrogen-bond acceptors (Lipinski definition) is 5. The average molecular weight is 486 g/mol. The first-order valence-electron chi connectivity index (χ1n) is 10.3. The predicted molar refractivity (Wildman–Crippen MR) is 127 cm³/mol. The lowest BCUT2D eigenvalue weighted by Gasteiger charge is -2.29. The Bertz CT molecular complexity index is 1260. The number of urea groups is 1. The fourth-order valence-corrected chi connectivity index (χ4v) is 4.22. The first-order valence-corrected chi connectivity index (χ1v) is 11.1. The molecular weight excluding hydrogens is 465 g/mol. The van der Waals surface area contributed by atoms with Crippen molar-refractivity contribution in [1.29, 1.82) is 0 Å². The summed E-state index contributed by atoms with van der Waals surface area (Å²) in [6, 6.07) is 13.3. The molecule has 1 aromatic heterocycles. The van der Waals surface area contributed by atoms with Crippen LogP contribution in [0.25, 0.3) is 10.9 Å². The normalized spacial score (nSPS) is 15.8. The zero-order chi connectivity index (χ0) is 23.5. The van der Waals surface area contributed by atoms with E-state index in [0.29, 0.717) is 21.7 Å². The Hall–Kier alpha value is -3.29. The number of nitrogens with one attached hydrogen (secondary N) is 2. The summed E-state index contributed by atoms with van der Waals surface area (Å²) in [5, 5.41) is 6.86. The van der Waals surface area contributed by atoms with Gasteiger partial charge in [-0.1, -0.05) is 53.5 Å². The molecule has 0 radical (unpaired) electrons. The minimum Gasteiger partial charge on any atom is -0.483 e. The van der Waals surface area contributed by atoms with Crippen molar-refractivity contribution in [2.24, 2.45) is 0 Å². The summed E-state index contributed by atoms with van der Waals surface area (Å²) < 4.78 is 11.3. The van der Waals surface area contributed by atoms with E-state index in [1.54, 1.807) is 13.0 Å². The van der Waals surface area contributed by atoms with Gasteiger partial charge < -0.3 is 20.1 Å². The van der Waals surface area contributed by atoms with E-state index >= 15 is 0 Å². The molecule has 7 nitrogen and oxygen atoms in total. The van der Waals surface area contributed by atoms with Gasteiger partial charge in [-0.25, -0.2) is 14.6 Å². The third kappa shape index (κ3) is 4.74. The minimum atomic E-state index is -0.699. The summed E-state index contributed by atoms with van der Waals surface area (Å²) in [6.45, 7) is 3.60. The summed E-state index contributed by atoms with van der Waals surface area (Å²) in [6.07, 6.45) is 0. The number of benzene rings is 2. The van der Waals surface area contributed by atoms with Crippen LogP contribution in [0.15, 0.2) is 59.8 Å². The quantitative estimate of drug-likeness (QED) is 0.474. The summed E-state index contributed by atoms with van der Waals surface area (Å²) in [5.74, 6) is -0.252. The Kier molecular flexibility index (Phi) is 6.72. The van der Waals surface area contributed by atoms with E-state index in [0.717, 1.165) is 11.3 Å². The van der Waals surface area contributed by atoms with Gasteiger partial charge in [0, 0.05) is 11.1 Å². The number of aromatic nitrogens is 1. The lowest BCUT2D eigenvalue weighted by molar-refractivity contribution is -0.139. The standard InChI is InChI=1S/C24H21Cl2N3O4/c1-3-32-23(30)19-18(28-24(31)29-20(19)14-7-5-4-6-8-14)12-33-22-17(26)11-16(25)15-10-9-13(2)27-21(15)22/h4-11,20H,3,12H2,1-2H3,(H2,28,29,31)/t20-/m1/s1. The van der Waals surface area contributed by atoms with Gasteiger partial charge in [0.05, 0.1) is 34.0 Å². The van der Waals surface area contributed by atoms with Gasteiger partial charge in [0.1, 0.15) is 12.1 Å². The number of pyridine rings is 1. The Morgan fingerprint density at radius 3 is 2.61 bits per heavy atom. The number of carbonyl (C=O) groups excluding carboxylic acids is 2. The van der Waals surface area contributed by atoms with Gasteiger partial charge in [0.2, 0.25) is 0 Å². The van der Waals surface area contributed by atoms with E-state index in [9.17, 15) is 9.59 Å². The monoisotopic (exact) mass is 485 g/mol. The third-order valence-corrected chi connectivity index (χ3v) is 5.71. The van der Waals surface area contributed by atoms with Crippen LogP contribution < -0.4 is 15.4 Å². The van der Waals surface area contributed by atoms with Gasteiger partial charge in [-0.05, 0) is 37.6 Å². The lowest BCUT2D eigenvalue weighted by atomic mass is 9.95. The van der Waals surface area contributed by atoms with Crippen LogP contribution in [0.3, 0.4) is 0 Å². The van der Waals surface area contributed by atoms with Crippen LogP contribution in [0.5, 0.6) is 5.75 Å². The maximum atomic E-state index is 12.9. The molecule has 1 aliphatic rings. The van der Waals surface area contributed by atoms with Crippen molar-refractivity contribution < 1.29 is 19.1 Å². The molecule has 2 N–H and O–H groups in total. The molecule has 0 aliphatic carbocycles. The molecule has 170 valence electrons. The molecular formula is C24H21Cl2N3O4. The van der Waals surface area contributed by atoms with Gasteiger partial charge in [0.15, 0.2) is 5.75 Å². The second-order valence-electron chi connectivity index (χ2n) is 7.36. The molecule has 3 aromatic rings. The van der Waals surface area contributed by atoms with Crippen molar-refractivity contribution in [3.63, 3.8) is 0 Å². The minimum absolute atomic E-state index is 0.142. The van der Waals surface area contributed by atoms with E-state index in [1.807, 2.05) is 49.4 Å². The van der Waals surface area contributed by atoms with Crippen LogP contribution in [0, 0.1) is 6.92 Å². The Morgan fingerprint density at radius 1 is 1.12 bits per heavy atom. The van der Waals surface area contributed by atoms with E-state index in [4.69, 9.17) is 32.7 Å². The summed E-state index contributed by atoms with van der Waals surface area (Å²) in [4.78, 5) is 29.9. The van der Waals surface area contributed by atoms with E-state index < -0.39 is 18.0 Å². The highest BCUT2D eigenvalue weighted by atomic mass is 35.5. The Morgan fingerprint density at radius 2 is 1.88 bits per heavy atom. The Balaban J connectivity index is 1.77. The molecule has 1 aliphatic heterocycles. The van der Waals surface area contributed by atoms with Crippen LogP contribution >= 0.6 is 23.2 Å². The summed E-state index contributed by atoms with van der Waals surface area (Å²) in [7, 11) is 0. The van der Waals surface area contributed by atoms with E-state index in [1.165, 1.54) is 0 Å². The van der Waals surface area contributed by atoms with Gasteiger partial charge >= 0.3 is 12.0 Å². The molecule has 0 bridgehead atoms.